The van der Waals surface area contributed by atoms with Crippen LogP contribution in [-0.4, -0.2) is 18.9 Å². The minimum atomic E-state index is 0. The first-order chi connectivity index (χ1) is 6.45. The SMILES string of the molecule is C1=CC2c3ccccc3CC2CC1.[LiH]. The van der Waals surface area contributed by atoms with Crippen LogP contribution in [0.25, 0.3) is 0 Å². The molecule has 0 spiro atoms. The van der Waals surface area contributed by atoms with Gasteiger partial charge in [-0.15, -0.1) is 0 Å². The standard InChI is InChI=1S/C13H14.Li.H/c1-3-7-12-10(5-1)9-11-6-2-4-8-13(11)12;;/h1,3-5,7-8,11,13H,2,6,9H2;;. The monoisotopic (exact) mass is 178 g/mol. The van der Waals surface area contributed by atoms with Crippen LogP contribution >= 0.6 is 0 Å². The predicted molar refractivity (Wildman–Crippen MR) is 61.9 cm³/mol. The van der Waals surface area contributed by atoms with Gasteiger partial charge in [0.2, 0.25) is 0 Å². The summed E-state index contributed by atoms with van der Waals surface area (Å²) in [4.78, 5) is 0. The van der Waals surface area contributed by atoms with Gasteiger partial charge in [0.25, 0.3) is 0 Å². The van der Waals surface area contributed by atoms with Crippen molar-refractivity contribution >= 4 is 18.9 Å². The molecule has 0 amide bonds. The Morgan fingerprint density at radius 2 is 2.00 bits per heavy atom. The van der Waals surface area contributed by atoms with Crippen molar-refractivity contribution in [1.82, 2.24) is 0 Å². The molecule has 0 N–H and O–H groups in total. The summed E-state index contributed by atoms with van der Waals surface area (Å²) in [6.07, 6.45) is 8.75. The Morgan fingerprint density at radius 3 is 2.93 bits per heavy atom. The first-order valence-corrected chi connectivity index (χ1v) is 5.19. The molecule has 2 aliphatic rings. The third kappa shape index (κ3) is 1.47. The molecule has 0 fully saturated rings. The molecule has 1 aromatic rings. The van der Waals surface area contributed by atoms with Gasteiger partial charge in [-0.2, -0.15) is 0 Å². The van der Waals surface area contributed by atoms with E-state index in [1.807, 2.05) is 0 Å². The van der Waals surface area contributed by atoms with E-state index in [4.69, 9.17) is 0 Å². The number of benzene rings is 1. The normalized spacial score (nSPS) is 27.7. The third-order valence-electron chi connectivity index (χ3n) is 3.45. The number of fused-ring (bicyclic) bond motifs is 3. The van der Waals surface area contributed by atoms with Gasteiger partial charge in [-0.1, -0.05) is 36.4 Å². The van der Waals surface area contributed by atoms with Crippen molar-refractivity contribution < 1.29 is 0 Å². The quantitative estimate of drug-likeness (QED) is 0.423. The van der Waals surface area contributed by atoms with E-state index in [0.29, 0.717) is 0 Å². The van der Waals surface area contributed by atoms with E-state index in [1.54, 1.807) is 11.1 Å². The molecule has 0 bridgehead atoms. The predicted octanol–water partition coefficient (Wildman–Crippen LogP) is 2.64. The molecule has 0 nitrogen and oxygen atoms in total. The summed E-state index contributed by atoms with van der Waals surface area (Å²) in [6.45, 7) is 0. The molecule has 0 saturated carbocycles. The molecular weight excluding hydrogens is 163 g/mol. The summed E-state index contributed by atoms with van der Waals surface area (Å²) >= 11 is 0. The van der Waals surface area contributed by atoms with Crippen LogP contribution in [0, 0.1) is 5.92 Å². The topological polar surface area (TPSA) is 0 Å². The molecule has 1 heteroatoms. The molecular formula is C13H15Li. The summed E-state index contributed by atoms with van der Waals surface area (Å²) in [5.41, 5.74) is 3.17. The number of rotatable bonds is 0. The van der Waals surface area contributed by atoms with Crippen LogP contribution in [0.15, 0.2) is 36.4 Å². The molecule has 2 aliphatic carbocycles. The fraction of sp³-hybridized carbons (Fsp3) is 0.385. The number of hydrogen-bond acceptors (Lipinski definition) is 0. The summed E-state index contributed by atoms with van der Waals surface area (Å²) in [5, 5.41) is 0. The average molecular weight is 178 g/mol. The van der Waals surface area contributed by atoms with Crippen molar-refractivity contribution in [3.05, 3.63) is 47.5 Å². The molecule has 0 saturated heterocycles. The first-order valence-electron chi connectivity index (χ1n) is 5.19. The Labute approximate surface area is 97.6 Å². The minimum absolute atomic E-state index is 0. The van der Waals surface area contributed by atoms with Crippen LogP contribution in [0.3, 0.4) is 0 Å². The Kier molecular flexibility index (Phi) is 2.86. The summed E-state index contributed by atoms with van der Waals surface area (Å²) in [5.74, 6) is 1.65. The van der Waals surface area contributed by atoms with Crippen LogP contribution in [0.4, 0.5) is 0 Å². The van der Waals surface area contributed by atoms with Gasteiger partial charge in [-0.25, -0.2) is 0 Å². The van der Waals surface area contributed by atoms with Crippen LogP contribution in [-0.2, 0) is 6.42 Å². The fourth-order valence-electron chi connectivity index (χ4n) is 2.80. The van der Waals surface area contributed by atoms with Gasteiger partial charge in [0.1, 0.15) is 0 Å². The van der Waals surface area contributed by atoms with E-state index in [-0.39, 0.29) is 18.9 Å². The van der Waals surface area contributed by atoms with E-state index < -0.39 is 0 Å². The van der Waals surface area contributed by atoms with Gasteiger partial charge in [-0.3, -0.25) is 0 Å². The Balaban J connectivity index is 0.000000750. The molecule has 0 aromatic heterocycles. The molecule has 2 atom stereocenters. The van der Waals surface area contributed by atoms with Gasteiger partial charge in [0.05, 0.1) is 0 Å². The molecule has 0 aliphatic heterocycles. The van der Waals surface area contributed by atoms with Crippen molar-refractivity contribution in [3.8, 4) is 0 Å². The zero-order chi connectivity index (χ0) is 8.67. The van der Waals surface area contributed by atoms with Gasteiger partial charge in [0, 0.05) is 5.92 Å². The number of hydrogen-bond donors (Lipinski definition) is 0. The zero-order valence-corrected chi connectivity index (χ0v) is 7.74. The summed E-state index contributed by atoms with van der Waals surface area (Å²) in [6, 6.07) is 8.93. The van der Waals surface area contributed by atoms with E-state index in [9.17, 15) is 0 Å². The second kappa shape index (κ2) is 3.97. The van der Waals surface area contributed by atoms with Crippen molar-refractivity contribution in [3.63, 3.8) is 0 Å². The molecule has 3 rings (SSSR count). The second-order valence-electron chi connectivity index (χ2n) is 4.19. The van der Waals surface area contributed by atoms with Gasteiger partial charge >= 0.3 is 18.9 Å². The van der Waals surface area contributed by atoms with Gasteiger partial charge in [0.15, 0.2) is 0 Å². The van der Waals surface area contributed by atoms with E-state index in [0.717, 1.165) is 11.8 Å². The first kappa shape index (κ1) is 10.1. The zero-order valence-electron chi connectivity index (χ0n) is 7.74. The molecule has 14 heavy (non-hydrogen) atoms. The van der Waals surface area contributed by atoms with Gasteiger partial charge in [-0.05, 0) is 36.3 Å². The maximum atomic E-state index is 2.42. The summed E-state index contributed by atoms with van der Waals surface area (Å²) in [7, 11) is 0. The Hall–Kier alpha value is -0.443. The molecule has 68 valence electrons. The van der Waals surface area contributed by atoms with Crippen LogP contribution in [0.2, 0.25) is 0 Å². The van der Waals surface area contributed by atoms with Gasteiger partial charge < -0.3 is 0 Å². The second-order valence-corrected chi connectivity index (χ2v) is 4.19. The maximum absolute atomic E-state index is 2.42. The van der Waals surface area contributed by atoms with Crippen molar-refractivity contribution in [2.75, 3.05) is 0 Å². The van der Waals surface area contributed by atoms with Crippen LogP contribution in [0.5, 0.6) is 0 Å². The Bertz CT molecular complexity index is 354. The molecule has 0 heterocycles. The van der Waals surface area contributed by atoms with Crippen molar-refractivity contribution in [1.29, 1.82) is 0 Å². The van der Waals surface area contributed by atoms with Crippen LogP contribution in [0.1, 0.15) is 29.9 Å². The third-order valence-corrected chi connectivity index (χ3v) is 3.45. The van der Waals surface area contributed by atoms with E-state index >= 15 is 0 Å². The molecule has 0 radical (unpaired) electrons. The van der Waals surface area contributed by atoms with E-state index in [2.05, 4.69) is 36.4 Å². The molecule has 2 unspecified atom stereocenters. The average Bonchev–Trinajstić information content (AvgIpc) is 2.56. The van der Waals surface area contributed by atoms with Crippen LogP contribution < -0.4 is 0 Å². The Morgan fingerprint density at radius 1 is 1.14 bits per heavy atom. The summed E-state index contributed by atoms with van der Waals surface area (Å²) < 4.78 is 0. The fourth-order valence-corrected chi connectivity index (χ4v) is 2.80. The number of allylic oxidation sites excluding steroid dienone is 2. The van der Waals surface area contributed by atoms with Crippen molar-refractivity contribution in [2.45, 2.75) is 25.2 Å². The molecule has 1 aromatic carbocycles. The van der Waals surface area contributed by atoms with E-state index in [1.165, 1.54) is 19.3 Å². The van der Waals surface area contributed by atoms with Crippen molar-refractivity contribution in [2.24, 2.45) is 5.92 Å².